The van der Waals surface area contributed by atoms with Crippen LogP contribution in [-0.4, -0.2) is 52.0 Å². The van der Waals surface area contributed by atoms with Crippen molar-refractivity contribution in [1.29, 1.82) is 0 Å². The van der Waals surface area contributed by atoms with E-state index in [0.29, 0.717) is 16.1 Å². The summed E-state index contributed by atoms with van der Waals surface area (Å²) in [5, 5.41) is 23.0. The smallest absolute Gasteiger partial charge is 0.252 e. The lowest BCUT2D eigenvalue weighted by atomic mass is 9.99. The summed E-state index contributed by atoms with van der Waals surface area (Å²) < 4.78 is 33.8. The van der Waals surface area contributed by atoms with Gasteiger partial charge < -0.3 is 20.3 Å². The second-order valence-electron chi connectivity index (χ2n) is 7.86. The molecule has 7 nitrogen and oxygen atoms in total. The molecule has 4 rings (SSSR count). The number of halogens is 2. The van der Waals surface area contributed by atoms with Gasteiger partial charge in [-0.15, -0.1) is 11.3 Å². The summed E-state index contributed by atoms with van der Waals surface area (Å²) in [5.74, 6) is -1.73. The van der Waals surface area contributed by atoms with E-state index >= 15 is 4.39 Å². The molecule has 0 aliphatic rings. The molecule has 10 heteroatoms. The van der Waals surface area contributed by atoms with Crippen LogP contribution < -0.4 is 5.32 Å². The molecule has 0 fully saturated rings. The third kappa shape index (κ3) is 5.47. The highest BCUT2D eigenvalue weighted by atomic mass is 32.1. The monoisotopic (exact) mass is 511 g/mol. The lowest BCUT2D eigenvalue weighted by molar-refractivity contribution is -0.0141. The fraction of sp³-hybridized carbons (Fsp3) is 0.192. The lowest BCUT2D eigenvalue weighted by Gasteiger charge is -2.30. The van der Waals surface area contributed by atoms with Crippen molar-refractivity contribution < 1.29 is 28.5 Å². The first-order valence-electron chi connectivity index (χ1n) is 11.0. The van der Waals surface area contributed by atoms with E-state index in [1.54, 1.807) is 30.3 Å². The van der Waals surface area contributed by atoms with Crippen molar-refractivity contribution in [2.24, 2.45) is 0 Å². The molecule has 0 aliphatic heterocycles. The van der Waals surface area contributed by atoms with Gasteiger partial charge in [-0.2, -0.15) is 0 Å². The van der Waals surface area contributed by atoms with Gasteiger partial charge in [0.25, 0.3) is 5.91 Å². The number of nitrogens with zero attached hydrogens (tertiary/aromatic N) is 2. The largest absolute Gasteiger partial charge is 0.394 e. The van der Waals surface area contributed by atoms with Crippen LogP contribution in [0.1, 0.15) is 22.2 Å². The highest BCUT2D eigenvalue weighted by Gasteiger charge is 2.33. The second kappa shape index (κ2) is 11.4. The van der Waals surface area contributed by atoms with Crippen molar-refractivity contribution in [2.45, 2.75) is 18.2 Å². The Balaban J connectivity index is 1.68. The zero-order valence-electron chi connectivity index (χ0n) is 19.1. The maximum atomic E-state index is 15.0. The van der Waals surface area contributed by atoms with Gasteiger partial charge in [0.15, 0.2) is 0 Å². The summed E-state index contributed by atoms with van der Waals surface area (Å²) in [6.07, 6.45) is 0.793. The Kier molecular flexibility index (Phi) is 8.11. The van der Waals surface area contributed by atoms with E-state index in [0.717, 1.165) is 11.3 Å². The third-order valence-corrected chi connectivity index (χ3v) is 6.63. The molecule has 0 aliphatic carbocycles. The predicted octanol–water partition coefficient (Wildman–Crippen LogP) is 3.99. The molecule has 2 aromatic carbocycles. The number of benzene rings is 2. The quantitative estimate of drug-likeness (QED) is 0.314. The van der Waals surface area contributed by atoms with Crippen LogP contribution in [0, 0.1) is 11.6 Å². The number of ether oxygens (including phenoxy) is 1. The molecule has 0 bridgehead atoms. The number of thiazole rings is 1. The van der Waals surface area contributed by atoms with Gasteiger partial charge in [-0.1, -0.05) is 24.3 Å². The van der Waals surface area contributed by atoms with Crippen molar-refractivity contribution >= 4 is 17.2 Å². The Morgan fingerprint density at radius 1 is 1.08 bits per heavy atom. The predicted molar refractivity (Wildman–Crippen MR) is 131 cm³/mol. The van der Waals surface area contributed by atoms with E-state index in [4.69, 9.17) is 4.74 Å². The molecule has 0 radical (unpaired) electrons. The highest BCUT2D eigenvalue weighted by Crippen LogP contribution is 2.35. The molecule has 1 unspecified atom stereocenters. The van der Waals surface area contributed by atoms with E-state index in [1.165, 1.54) is 49.8 Å². The van der Waals surface area contributed by atoms with Gasteiger partial charge in [-0.05, 0) is 42.0 Å². The molecule has 0 spiro atoms. The van der Waals surface area contributed by atoms with Crippen molar-refractivity contribution in [3.63, 3.8) is 0 Å². The number of pyridine rings is 1. The molecule has 4 aromatic rings. The fourth-order valence-electron chi connectivity index (χ4n) is 3.78. The average molecular weight is 512 g/mol. The summed E-state index contributed by atoms with van der Waals surface area (Å²) in [7, 11) is 1.39. The van der Waals surface area contributed by atoms with Gasteiger partial charge in [-0.25, -0.2) is 13.8 Å². The average Bonchev–Trinajstić information content (AvgIpc) is 3.38. The van der Waals surface area contributed by atoms with Gasteiger partial charge in [0.2, 0.25) is 0 Å². The number of methoxy groups -OCH3 is 1. The number of amides is 1. The first-order valence-corrected chi connectivity index (χ1v) is 11.8. The first kappa shape index (κ1) is 25.5. The number of aromatic nitrogens is 2. The van der Waals surface area contributed by atoms with Crippen molar-refractivity contribution in [3.8, 4) is 21.0 Å². The Bertz CT molecular complexity index is 1320. The molecular formula is C26H23F2N3O4S. The van der Waals surface area contributed by atoms with Gasteiger partial charge in [-0.3, -0.25) is 9.78 Å². The van der Waals surface area contributed by atoms with E-state index in [-0.39, 0.29) is 22.0 Å². The molecule has 3 atom stereocenters. The summed E-state index contributed by atoms with van der Waals surface area (Å²) in [6.45, 7) is -0.652. The van der Waals surface area contributed by atoms with Crippen LogP contribution in [0.3, 0.4) is 0 Å². The van der Waals surface area contributed by atoms with Crippen molar-refractivity contribution in [3.05, 3.63) is 95.9 Å². The Labute approximate surface area is 210 Å². The van der Waals surface area contributed by atoms with Gasteiger partial charge in [0.1, 0.15) is 28.8 Å². The molecule has 2 heterocycles. The summed E-state index contributed by atoms with van der Waals surface area (Å²) in [4.78, 5) is 22.6. The summed E-state index contributed by atoms with van der Waals surface area (Å²) in [6, 6.07) is 13.9. The molecule has 186 valence electrons. The molecule has 0 saturated heterocycles. The minimum atomic E-state index is -1.39. The van der Waals surface area contributed by atoms with E-state index < -0.39 is 36.6 Å². The lowest BCUT2D eigenvalue weighted by Crippen LogP contribution is -2.49. The van der Waals surface area contributed by atoms with E-state index in [9.17, 15) is 19.4 Å². The molecular weight excluding hydrogens is 488 g/mol. The fourth-order valence-corrected chi connectivity index (χ4v) is 4.76. The SMILES string of the molecule is COC(c1ccccn1)[C@@H](NC(=O)c1cccc(F)c1-c1ncc(-c2ccc(F)cc2)s1)[C@H](O)CO. The first-order chi connectivity index (χ1) is 17.4. The van der Waals surface area contributed by atoms with Crippen LogP contribution in [0.25, 0.3) is 21.0 Å². The van der Waals surface area contributed by atoms with Gasteiger partial charge in [0.05, 0.1) is 34.3 Å². The normalized spacial score (nSPS) is 13.7. The van der Waals surface area contributed by atoms with Crippen LogP contribution in [0.5, 0.6) is 0 Å². The Hall–Kier alpha value is -3.57. The molecule has 2 aromatic heterocycles. The molecule has 1 amide bonds. The minimum Gasteiger partial charge on any atom is -0.394 e. The Morgan fingerprint density at radius 2 is 1.86 bits per heavy atom. The maximum Gasteiger partial charge on any atom is 0.252 e. The number of aliphatic hydroxyl groups excluding tert-OH is 2. The number of carbonyl (C=O) groups excluding carboxylic acids is 1. The third-order valence-electron chi connectivity index (χ3n) is 5.57. The number of nitrogens with one attached hydrogen (secondary N) is 1. The van der Waals surface area contributed by atoms with Gasteiger partial charge >= 0.3 is 0 Å². The standard InChI is InChI=1S/C26H23F2N3O4S/c1-35-24(19-7-2-3-12-29-19)23(20(33)14-32)31-25(34)17-5-4-6-18(28)22(17)26-30-13-21(36-26)15-8-10-16(27)11-9-15/h2-13,20,23-24,32-33H,14H2,1H3,(H,31,34)/t20-,23+,24?/m1/s1. The zero-order valence-corrected chi connectivity index (χ0v) is 20.0. The number of carbonyl (C=O) groups is 1. The van der Waals surface area contributed by atoms with E-state index in [2.05, 4.69) is 15.3 Å². The number of aliphatic hydroxyl groups is 2. The second-order valence-corrected chi connectivity index (χ2v) is 8.89. The maximum absolute atomic E-state index is 15.0. The number of hydrogen-bond acceptors (Lipinski definition) is 7. The van der Waals surface area contributed by atoms with Crippen LogP contribution in [0.15, 0.2) is 73.1 Å². The number of rotatable bonds is 9. The van der Waals surface area contributed by atoms with Crippen LogP contribution in [0.2, 0.25) is 0 Å². The van der Waals surface area contributed by atoms with Crippen LogP contribution >= 0.6 is 11.3 Å². The number of hydrogen-bond donors (Lipinski definition) is 3. The molecule has 36 heavy (non-hydrogen) atoms. The summed E-state index contributed by atoms with van der Waals surface area (Å²) >= 11 is 1.15. The molecule has 3 N–H and O–H groups in total. The van der Waals surface area contributed by atoms with E-state index in [1.807, 2.05) is 0 Å². The van der Waals surface area contributed by atoms with Gasteiger partial charge in [0, 0.05) is 19.5 Å². The topological polar surface area (TPSA) is 105 Å². The highest BCUT2D eigenvalue weighted by molar-refractivity contribution is 7.18. The van der Waals surface area contributed by atoms with Crippen LogP contribution in [0.4, 0.5) is 8.78 Å². The zero-order chi connectivity index (χ0) is 25.7. The minimum absolute atomic E-state index is 0.0129. The Morgan fingerprint density at radius 3 is 2.53 bits per heavy atom. The van der Waals surface area contributed by atoms with Crippen molar-refractivity contribution in [2.75, 3.05) is 13.7 Å². The summed E-state index contributed by atoms with van der Waals surface area (Å²) in [5.41, 5.74) is 1.10. The van der Waals surface area contributed by atoms with Crippen LogP contribution in [-0.2, 0) is 4.74 Å². The molecule has 0 saturated carbocycles. The van der Waals surface area contributed by atoms with Crippen molar-refractivity contribution in [1.82, 2.24) is 15.3 Å².